The van der Waals surface area contributed by atoms with Crippen LogP contribution in [0.1, 0.15) is 57.1 Å². The summed E-state index contributed by atoms with van der Waals surface area (Å²) in [6.45, 7) is 7.81. The van der Waals surface area contributed by atoms with Crippen LogP contribution in [0.15, 0.2) is 55.0 Å². The Labute approximate surface area is 222 Å². The number of carbonyl (C=O) groups excluding carboxylic acids is 1. The van der Waals surface area contributed by atoms with Gasteiger partial charge in [-0.15, -0.1) is 0 Å². The van der Waals surface area contributed by atoms with E-state index in [0.29, 0.717) is 18.3 Å². The largest absolute Gasteiger partial charge is 0.443 e. The molecule has 4 heterocycles. The van der Waals surface area contributed by atoms with Crippen molar-refractivity contribution in [1.82, 2.24) is 29.7 Å². The lowest BCUT2D eigenvalue weighted by atomic mass is 10.2. The predicted octanol–water partition coefficient (Wildman–Crippen LogP) is 4.51. The lowest BCUT2D eigenvalue weighted by Crippen LogP contribution is -2.37. The zero-order chi connectivity index (χ0) is 26.3. The lowest BCUT2D eigenvalue weighted by molar-refractivity contribution is 0.0575. The van der Waals surface area contributed by atoms with Crippen molar-refractivity contribution >= 4 is 23.4 Å². The molecule has 10 heteroatoms. The van der Waals surface area contributed by atoms with Crippen LogP contribution in [0.3, 0.4) is 0 Å². The van der Waals surface area contributed by atoms with Crippen LogP contribution >= 0.6 is 0 Å². The van der Waals surface area contributed by atoms with Gasteiger partial charge < -0.3 is 15.4 Å². The molecule has 0 radical (unpaired) electrons. The normalized spacial score (nSPS) is 17.6. The molecule has 4 aromatic rings. The van der Waals surface area contributed by atoms with Gasteiger partial charge in [0.25, 0.3) is 0 Å². The summed E-state index contributed by atoms with van der Waals surface area (Å²) in [7, 11) is 0. The molecule has 6 rings (SSSR count). The Balaban J connectivity index is 1.40. The fourth-order valence-electron chi connectivity index (χ4n) is 4.81. The van der Waals surface area contributed by atoms with Gasteiger partial charge in [-0.2, -0.15) is 14.7 Å². The third kappa shape index (κ3) is 5.22. The molecule has 2 fully saturated rings. The molecule has 38 heavy (non-hydrogen) atoms. The van der Waals surface area contributed by atoms with Gasteiger partial charge in [0.15, 0.2) is 5.65 Å². The third-order valence-electron chi connectivity index (χ3n) is 6.85. The average Bonchev–Trinajstić information content (AvgIpc) is 3.27. The van der Waals surface area contributed by atoms with Gasteiger partial charge in [-0.25, -0.2) is 14.5 Å². The Hall–Kier alpha value is -3.92. The molecule has 10 nitrogen and oxygen atoms in total. The molecule has 0 bridgehead atoms. The molecule has 1 saturated carbocycles. The van der Waals surface area contributed by atoms with E-state index < -0.39 is 11.7 Å². The van der Waals surface area contributed by atoms with Crippen molar-refractivity contribution in [2.45, 2.75) is 64.1 Å². The Morgan fingerprint density at radius 1 is 1.18 bits per heavy atom. The second-order valence-electron chi connectivity index (χ2n) is 11.1. The van der Waals surface area contributed by atoms with Crippen LogP contribution < -0.4 is 15.5 Å². The van der Waals surface area contributed by atoms with Crippen molar-refractivity contribution in [3.63, 3.8) is 0 Å². The van der Waals surface area contributed by atoms with Gasteiger partial charge in [-0.3, -0.25) is 4.90 Å². The van der Waals surface area contributed by atoms with Crippen molar-refractivity contribution in [3.05, 3.63) is 66.1 Å². The molecule has 1 saturated heterocycles. The van der Waals surface area contributed by atoms with Crippen molar-refractivity contribution in [2.24, 2.45) is 0 Å². The molecular formula is C28H34N8O2. The van der Waals surface area contributed by atoms with E-state index in [1.807, 2.05) is 69.6 Å². The topological polar surface area (TPSA) is 102 Å². The number of aromatic nitrogens is 5. The quantitative estimate of drug-likeness (QED) is 0.374. The molecule has 1 atom stereocenters. The second kappa shape index (κ2) is 9.75. The molecule has 1 amide bonds. The standard InChI is InChI=1S/C28H34N8O2/c1-28(2,3)38-27(37)34(18-19-5-9-22(10-6-19)35-14-4-12-30-35)25-15-24(32-21-11-13-29-16-21)33-26-23(20-7-8-20)17-31-36(25)26/h4-6,9-10,12,14-15,17,20-21,29H,7-8,11,13,16,18H2,1-3H3,(H,32,33)/t21-/m0/s1. The summed E-state index contributed by atoms with van der Waals surface area (Å²) in [6.07, 6.45) is 8.42. The van der Waals surface area contributed by atoms with Crippen LogP contribution in [0.2, 0.25) is 0 Å². The van der Waals surface area contributed by atoms with Crippen LogP contribution in [0, 0.1) is 0 Å². The maximum absolute atomic E-state index is 13.7. The number of nitrogens with one attached hydrogen (secondary N) is 2. The van der Waals surface area contributed by atoms with E-state index in [-0.39, 0.29) is 6.04 Å². The summed E-state index contributed by atoms with van der Waals surface area (Å²) >= 11 is 0. The SMILES string of the molecule is CC(C)(C)OC(=O)N(Cc1ccc(-n2cccn2)cc1)c1cc(N[C@H]2CCNC2)nc2c(C3CC3)cnn12. The van der Waals surface area contributed by atoms with Crippen LogP contribution in [0.4, 0.5) is 16.4 Å². The van der Waals surface area contributed by atoms with Crippen molar-refractivity contribution in [3.8, 4) is 5.69 Å². The summed E-state index contributed by atoms with van der Waals surface area (Å²) in [5, 5.41) is 16.0. The van der Waals surface area contributed by atoms with Crippen LogP contribution in [0.5, 0.6) is 0 Å². The monoisotopic (exact) mass is 514 g/mol. The van der Waals surface area contributed by atoms with E-state index in [9.17, 15) is 4.79 Å². The first-order chi connectivity index (χ1) is 18.3. The molecule has 2 N–H and O–H groups in total. The molecule has 1 aliphatic heterocycles. The van der Waals surface area contributed by atoms with Crippen LogP contribution in [-0.2, 0) is 11.3 Å². The summed E-state index contributed by atoms with van der Waals surface area (Å²) < 4.78 is 9.47. The Bertz CT molecular complexity index is 1410. The van der Waals surface area contributed by atoms with E-state index in [1.165, 1.54) is 0 Å². The number of hydrogen-bond donors (Lipinski definition) is 2. The Kier molecular flexibility index (Phi) is 6.27. The molecule has 198 valence electrons. The first-order valence-electron chi connectivity index (χ1n) is 13.3. The molecule has 1 aliphatic carbocycles. The van der Waals surface area contributed by atoms with Gasteiger partial charge in [0.05, 0.1) is 18.4 Å². The van der Waals surface area contributed by atoms with E-state index in [0.717, 1.165) is 60.6 Å². The number of nitrogens with zero attached hydrogens (tertiary/aromatic N) is 6. The zero-order valence-corrected chi connectivity index (χ0v) is 22.1. The number of benzene rings is 1. The first-order valence-corrected chi connectivity index (χ1v) is 13.3. The first kappa shape index (κ1) is 24.4. The van der Waals surface area contributed by atoms with E-state index in [4.69, 9.17) is 14.8 Å². The molecule has 0 unspecified atom stereocenters. The lowest BCUT2D eigenvalue weighted by Gasteiger charge is -2.28. The summed E-state index contributed by atoms with van der Waals surface area (Å²) in [6, 6.07) is 12.1. The number of carbonyl (C=O) groups is 1. The molecular weight excluding hydrogens is 480 g/mol. The number of fused-ring (bicyclic) bond motifs is 1. The third-order valence-corrected chi connectivity index (χ3v) is 6.85. The highest BCUT2D eigenvalue weighted by molar-refractivity contribution is 5.88. The molecule has 2 aliphatic rings. The predicted molar refractivity (Wildman–Crippen MR) is 146 cm³/mol. The van der Waals surface area contributed by atoms with Crippen LogP contribution in [0.25, 0.3) is 11.3 Å². The maximum atomic E-state index is 13.7. The van der Waals surface area contributed by atoms with Crippen LogP contribution in [-0.4, -0.2) is 55.2 Å². The van der Waals surface area contributed by atoms with Gasteiger partial charge in [-0.1, -0.05) is 12.1 Å². The highest BCUT2D eigenvalue weighted by Crippen LogP contribution is 2.42. The van der Waals surface area contributed by atoms with E-state index in [1.54, 1.807) is 20.3 Å². The van der Waals surface area contributed by atoms with E-state index in [2.05, 4.69) is 15.7 Å². The highest BCUT2D eigenvalue weighted by Gasteiger charge is 2.31. The number of anilines is 2. The minimum absolute atomic E-state index is 0.287. The summed E-state index contributed by atoms with van der Waals surface area (Å²) in [4.78, 5) is 20.3. The number of hydrogen-bond acceptors (Lipinski definition) is 7. The number of amides is 1. The van der Waals surface area contributed by atoms with E-state index >= 15 is 0 Å². The maximum Gasteiger partial charge on any atom is 0.416 e. The fourth-order valence-corrected chi connectivity index (χ4v) is 4.81. The zero-order valence-electron chi connectivity index (χ0n) is 22.1. The Morgan fingerprint density at radius 2 is 2.00 bits per heavy atom. The smallest absolute Gasteiger partial charge is 0.416 e. The highest BCUT2D eigenvalue weighted by atomic mass is 16.6. The molecule has 0 spiro atoms. The van der Waals surface area contributed by atoms with Crippen molar-refractivity contribution in [1.29, 1.82) is 0 Å². The Morgan fingerprint density at radius 3 is 2.66 bits per heavy atom. The summed E-state index contributed by atoms with van der Waals surface area (Å²) in [5.41, 5.74) is 3.19. The van der Waals surface area contributed by atoms with Gasteiger partial charge >= 0.3 is 6.09 Å². The fraction of sp³-hybridized carbons (Fsp3) is 0.429. The second-order valence-corrected chi connectivity index (χ2v) is 11.1. The van der Waals surface area contributed by atoms with Gasteiger partial charge in [0.1, 0.15) is 17.2 Å². The average molecular weight is 515 g/mol. The summed E-state index contributed by atoms with van der Waals surface area (Å²) in [5.74, 6) is 1.84. The minimum atomic E-state index is -0.648. The van der Waals surface area contributed by atoms with Gasteiger partial charge in [0.2, 0.25) is 0 Å². The minimum Gasteiger partial charge on any atom is -0.443 e. The van der Waals surface area contributed by atoms with Gasteiger partial charge in [0, 0.05) is 36.6 Å². The molecule has 1 aromatic carbocycles. The van der Waals surface area contributed by atoms with Crippen molar-refractivity contribution in [2.75, 3.05) is 23.3 Å². The van der Waals surface area contributed by atoms with Gasteiger partial charge in [-0.05, 0) is 76.3 Å². The number of ether oxygens (including phenoxy) is 1. The number of rotatable bonds is 7. The van der Waals surface area contributed by atoms with Crippen molar-refractivity contribution < 1.29 is 9.53 Å². The molecule has 3 aromatic heterocycles.